The summed E-state index contributed by atoms with van der Waals surface area (Å²) < 4.78 is 27.2. The second-order valence-corrected chi connectivity index (χ2v) is 7.10. The van der Waals surface area contributed by atoms with E-state index in [0.717, 1.165) is 0 Å². The van der Waals surface area contributed by atoms with E-state index in [1.165, 1.54) is 19.1 Å². The quantitative estimate of drug-likeness (QED) is 0.763. The fourth-order valence-corrected chi connectivity index (χ4v) is 3.70. The van der Waals surface area contributed by atoms with Crippen LogP contribution in [0.1, 0.15) is 27.2 Å². The molecule has 0 fully saturated rings. The number of alkyl halides is 1. The zero-order valence-electron chi connectivity index (χ0n) is 11.7. The van der Waals surface area contributed by atoms with Gasteiger partial charge in [0, 0.05) is 23.5 Å². The summed E-state index contributed by atoms with van der Waals surface area (Å²) in [5.41, 5.74) is 0.0324. The molecule has 5 nitrogen and oxygen atoms in total. The SMILES string of the molecule is CCC(C)(CBr)NS(=O)(=O)c1ccc(NC(C)=O)cc1. The van der Waals surface area contributed by atoms with Gasteiger partial charge in [0.25, 0.3) is 0 Å². The second kappa shape index (κ2) is 6.69. The van der Waals surface area contributed by atoms with E-state index < -0.39 is 15.6 Å². The van der Waals surface area contributed by atoms with Gasteiger partial charge in [-0.3, -0.25) is 4.79 Å². The van der Waals surface area contributed by atoms with Gasteiger partial charge in [0.15, 0.2) is 0 Å². The molecule has 0 saturated heterocycles. The van der Waals surface area contributed by atoms with Gasteiger partial charge < -0.3 is 5.32 Å². The molecule has 0 aliphatic carbocycles. The summed E-state index contributed by atoms with van der Waals surface area (Å²) in [6, 6.07) is 6.07. The minimum absolute atomic E-state index is 0.173. The highest BCUT2D eigenvalue weighted by Gasteiger charge is 2.27. The zero-order valence-corrected chi connectivity index (χ0v) is 14.1. The highest BCUT2D eigenvalue weighted by atomic mass is 79.9. The Labute approximate surface area is 128 Å². The van der Waals surface area contributed by atoms with E-state index in [2.05, 4.69) is 26.0 Å². The predicted molar refractivity (Wildman–Crippen MR) is 83.6 cm³/mol. The first kappa shape index (κ1) is 17.1. The first-order valence-corrected chi connectivity index (χ1v) is 8.80. The van der Waals surface area contributed by atoms with Crippen molar-refractivity contribution in [3.8, 4) is 0 Å². The average Bonchev–Trinajstić information content (AvgIpc) is 2.38. The van der Waals surface area contributed by atoms with Gasteiger partial charge in [0.05, 0.1) is 4.90 Å². The van der Waals surface area contributed by atoms with Gasteiger partial charge in [-0.2, -0.15) is 0 Å². The van der Waals surface area contributed by atoms with E-state index in [1.807, 2.05) is 13.8 Å². The molecule has 1 amide bonds. The third kappa shape index (κ3) is 4.57. The number of amides is 1. The van der Waals surface area contributed by atoms with Gasteiger partial charge in [-0.25, -0.2) is 13.1 Å². The molecule has 1 aromatic carbocycles. The average molecular weight is 363 g/mol. The molecule has 0 spiro atoms. The van der Waals surface area contributed by atoms with Crippen molar-refractivity contribution in [2.75, 3.05) is 10.6 Å². The van der Waals surface area contributed by atoms with Crippen molar-refractivity contribution in [3.05, 3.63) is 24.3 Å². The summed E-state index contributed by atoms with van der Waals surface area (Å²) in [5, 5.41) is 3.12. The Balaban J connectivity index is 2.96. The molecule has 1 rings (SSSR count). The molecule has 2 N–H and O–H groups in total. The van der Waals surface area contributed by atoms with Gasteiger partial charge in [-0.15, -0.1) is 0 Å². The maximum atomic E-state index is 12.3. The monoisotopic (exact) mass is 362 g/mol. The predicted octanol–water partition coefficient (Wildman–Crippen LogP) is 2.49. The molecule has 1 unspecified atom stereocenters. The Morgan fingerprint density at radius 1 is 1.30 bits per heavy atom. The van der Waals surface area contributed by atoms with Gasteiger partial charge in [-0.1, -0.05) is 22.9 Å². The van der Waals surface area contributed by atoms with Crippen LogP contribution in [0.5, 0.6) is 0 Å². The largest absolute Gasteiger partial charge is 0.326 e. The van der Waals surface area contributed by atoms with E-state index in [4.69, 9.17) is 0 Å². The molecule has 1 aromatic rings. The van der Waals surface area contributed by atoms with Crippen molar-refractivity contribution in [1.29, 1.82) is 0 Å². The molecule has 0 radical (unpaired) electrons. The fourth-order valence-electron chi connectivity index (χ4n) is 1.50. The molecule has 0 aliphatic rings. The van der Waals surface area contributed by atoms with Crippen molar-refractivity contribution < 1.29 is 13.2 Å². The minimum atomic E-state index is -3.58. The van der Waals surface area contributed by atoms with Crippen LogP contribution in [0.4, 0.5) is 5.69 Å². The number of anilines is 1. The van der Waals surface area contributed by atoms with Crippen LogP contribution >= 0.6 is 15.9 Å². The molecule has 1 atom stereocenters. The highest BCUT2D eigenvalue weighted by Crippen LogP contribution is 2.19. The Morgan fingerprint density at radius 3 is 2.25 bits per heavy atom. The Bertz CT molecular complexity index is 566. The summed E-state index contributed by atoms with van der Waals surface area (Å²) >= 11 is 3.32. The maximum Gasteiger partial charge on any atom is 0.241 e. The molecule has 0 bridgehead atoms. The van der Waals surface area contributed by atoms with E-state index in [1.54, 1.807) is 12.1 Å². The Kier molecular flexibility index (Phi) is 5.73. The van der Waals surface area contributed by atoms with E-state index >= 15 is 0 Å². The van der Waals surface area contributed by atoms with E-state index in [0.29, 0.717) is 17.4 Å². The number of carbonyl (C=O) groups is 1. The number of carbonyl (C=O) groups excluding carboxylic acids is 1. The molecule has 20 heavy (non-hydrogen) atoms. The lowest BCUT2D eigenvalue weighted by atomic mass is 10.0. The highest BCUT2D eigenvalue weighted by molar-refractivity contribution is 9.09. The molecule has 0 saturated carbocycles. The van der Waals surface area contributed by atoms with Crippen molar-refractivity contribution in [1.82, 2.24) is 4.72 Å². The van der Waals surface area contributed by atoms with Gasteiger partial charge in [-0.05, 0) is 37.6 Å². The lowest BCUT2D eigenvalue weighted by molar-refractivity contribution is -0.114. The van der Waals surface area contributed by atoms with E-state index in [-0.39, 0.29) is 10.8 Å². The number of hydrogen-bond donors (Lipinski definition) is 2. The first-order chi connectivity index (χ1) is 9.22. The summed E-state index contributed by atoms with van der Waals surface area (Å²) in [4.78, 5) is 11.1. The molecular formula is C13H19BrN2O3S. The smallest absolute Gasteiger partial charge is 0.241 e. The molecule has 112 valence electrons. The summed E-state index contributed by atoms with van der Waals surface area (Å²) in [5.74, 6) is -0.198. The summed E-state index contributed by atoms with van der Waals surface area (Å²) in [7, 11) is -3.58. The number of nitrogens with one attached hydrogen (secondary N) is 2. The molecule has 7 heteroatoms. The van der Waals surface area contributed by atoms with Gasteiger partial charge >= 0.3 is 0 Å². The lowest BCUT2D eigenvalue weighted by Crippen LogP contribution is -2.46. The number of benzene rings is 1. The number of hydrogen-bond acceptors (Lipinski definition) is 3. The number of halogens is 1. The van der Waals surface area contributed by atoms with Crippen molar-refractivity contribution >= 4 is 37.5 Å². The maximum absolute atomic E-state index is 12.3. The van der Waals surface area contributed by atoms with Crippen molar-refractivity contribution in [2.45, 2.75) is 37.6 Å². The second-order valence-electron chi connectivity index (χ2n) is 4.86. The molecule has 0 aromatic heterocycles. The third-order valence-electron chi connectivity index (χ3n) is 2.94. The van der Waals surface area contributed by atoms with Crippen LogP contribution < -0.4 is 10.0 Å². The Hall–Kier alpha value is -0.920. The summed E-state index contributed by atoms with van der Waals surface area (Å²) in [6.07, 6.45) is 0.668. The van der Waals surface area contributed by atoms with E-state index in [9.17, 15) is 13.2 Å². The lowest BCUT2D eigenvalue weighted by Gasteiger charge is -2.26. The molecular weight excluding hydrogens is 344 g/mol. The number of rotatable bonds is 6. The molecule has 0 heterocycles. The summed E-state index contributed by atoms with van der Waals surface area (Å²) in [6.45, 7) is 5.16. The normalized spacial score (nSPS) is 14.6. The Morgan fingerprint density at radius 2 is 1.85 bits per heavy atom. The minimum Gasteiger partial charge on any atom is -0.326 e. The van der Waals surface area contributed by atoms with Crippen molar-refractivity contribution in [3.63, 3.8) is 0 Å². The van der Waals surface area contributed by atoms with Crippen LogP contribution in [0.2, 0.25) is 0 Å². The first-order valence-electron chi connectivity index (χ1n) is 6.20. The third-order valence-corrected chi connectivity index (χ3v) is 5.83. The van der Waals surface area contributed by atoms with Gasteiger partial charge in [0.1, 0.15) is 0 Å². The van der Waals surface area contributed by atoms with Crippen molar-refractivity contribution in [2.24, 2.45) is 0 Å². The van der Waals surface area contributed by atoms with Crippen LogP contribution in [0.15, 0.2) is 29.2 Å². The topological polar surface area (TPSA) is 75.3 Å². The van der Waals surface area contributed by atoms with Gasteiger partial charge in [0.2, 0.25) is 15.9 Å². The van der Waals surface area contributed by atoms with Crippen LogP contribution in [0, 0.1) is 0 Å². The molecule has 0 aliphatic heterocycles. The van der Waals surface area contributed by atoms with Crippen LogP contribution in [-0.2, 0) is 14.8 Å². The fraction of sp³-hybridized carbons (Fsp3) is 0.462. The standard InChI is InChI=1S/C13H19BrN2O3S/c1-4-13(3,9-14)16-20(18,19)12-7-5-11(6-8-12)15-10(2)17/h5-8,16H,4,9H2,1-3H3,(H,15,17). The zero-order chi connectivity index (χ0) is 15.4. The number of sulfonamides is 1. The van der Waals surface area contributed by atoms with Crippen LogP contribution in [0.3, 0.4) is 0 Å². The van der Waals surface area contributed by atoms with Crippen LogP contribution in [0.25, 0.3) is 0 Å². The van der Waals surface area contributed by atoms with Crippen LogP contribution in [-0.4, -0.2) is 25.2 Å².